The Morgan fingerprint density at radius 1 is 0.962 bits per heavy atom. The fourth-order valence-electron chi connectivity index (χ4n) is 9.65. The lowest BCUT2D eigenvalue weighted by atomic mass is 9.71. The van der Waals surface area contributed by atoms with Crippen LogP contribution in [-0.4, -0.2) is 113 Å². The van der Waals surface area contributed by atoms with Crippen LogP contribution >= 0.6 is 0 Å². The maximum absolute atomic E-state index is 14.8. The van der Waals surface area contributed by atoms with Gasteiger partial charge in [0.05, 0.1) is 34.9 Å². The first-order chi connectivity index (χ1) is 24.3. The topological polar surface area (TPSA) is 116 Å². The smallest absolute Gasteiger partial charge is 0.411 e. The van der Waals surface area contributed by atoms with E-state index < -0.39 is 70.2 Å². The van der Waals surface area contributed by atoms with E-state index >= 15 is 0 Å². The third-order valence-electron chi connectivity index (χ3n) is 13.5. The van der Waals surface area contributed by atoms with Gasteiger partial charge in [-0.2, -0.15) is 0 Å². The van der Waals surface area contributed by atoms with Crippen LogP contribution in [0.3, 0.4) is 0 Å². The molecule has 1 amide bonds. The summed E-state index contributed by atoms with van der Waals surface area (Å²) in [6.07, 6.45) is -1.25. The predicted molar refractivity (Wildman–Crippen MR) is 205 cm³/mol. The number of Topliss-reactive ketones (excluding diaryl/α,β-unsaturated/α-hetero) is 1. The standard InChI is InChI=1S/C42H69N3O8/c1-18-20-21-49-41(14)23-24(3)31-27(6)32-42(15,53-37(48)45(32)40(12,13)39(10,11)43-31)30(19-2)51-36(47)38(8,9)33(46)28(7)34(41)52-35-26(5)29(44(16)17)22-25(4)50-35/h24-30,32,34-35H,19,21-23H2,1-17H3/t24-,25-,26-,27+,28+,29+,30-,32-,34-,35+,41+,42-/m1/s1. The van der Waals surface area contributed by atoms with Gasteiger partial charge in [0.2, 0.25) is 0 Å². The summed E-state index contributed by atoms with van der Waals surface area (Å²) in [4.78, 5) is 52.8. The van der Waals surface area contributed by atoms with Crippen molar-refractivity contribution in [3.63, 3.8) is 0 Å². The van der Waals surface area contributed by atoms with Crippen molar-refractivity contribution in [3.8, 4) is 11.8 Å². The van der Waals surface area contributed by atoms with Gasteiger partial charge >= 0.3 is 12.1 Å². The number of rotatable bonds is 6. The number of carbonyl (C=O) groups excluding carboxylic acids is 3. The molecule has 0 N–H and O–H groups in total. The quantitative estimate of drug-likeness (QED) is 0.167. The number of cyclic esters (lactones) is 1. The number of carbonyl (C=O) groups is 3. The zero-order chi connectivity index (χ0) is 40.2. The molecule has 0 aromatic carbocycles. The molecule has 0 aromatic heterocycles. The molecular formula is C42H69N3O8. The van der Waals surface area contributed by atoms with Crippen LogP contribution in [0.15, 0.2) is 4.99 Å². The molecule has 3 fully saturated rings. The molecule has 0 aliphatic carbocycles. The average Bonchev–Trinajstić information content (AvgIpc) is 3.31. The second-order valence-corrected chi connectivity index (χ2v) is 18.5. The second-order valence-electron chi connectivity index (χ2n) is 18.5. The van der Waals surface area contributed by atoms with Gasteiger partial charge in [0.1, 0.15) is 18.1 Å². The molecule has 2 bridgehead atoms. The lowest BCUT2D eigenvalue weighted by molar-refractivity contribution is -0.282. The van der Waals surface area contributed by atoms with Gasteiger partial charge in [-0.3, -0.25) is 19.5 Å². The van der Waals surface area contributed by atoms with Gasteiger partial charge < -0.3 is 28.6 Å². The lowest BCUT2D eigenvalue weighted by Gasteiger charge is -2.48. The van der Waals surface area contributed by atoms with Crippen LogP contribution < -0.4 is 0 Å². The summed E-state index contributed by atoms with van der Waals surface area (Å²) in [6.45, 7) is 29.2. The zero-order valence-corrected chi connectivity index (χ0v) is 35.7. The molecule has 11 nitrogen and oxygen atoms in total. The monoisotopic (exact) mass is 744 g/mol. The van der Waals surface area contributed by atoms with E-state index in [1.807, 2.05) is 53.4 Å². The van der Waals surface area contributed by atoms with E-state index in [0.717, 1.165) is 12.1 Å². The number of nitrogens with zero attached hydrogens (tertiary/aromatic N) is 3. The summed E-state index contributed by atoms with van der Waals surface area (Å²) in [7, 11) is 4.12. The number of fused-ring (bicyclic) bond motifs is 1. The van der Waals surface area contributed by atoms with Crippen molar-refractivity contribution in [1.82, 2.24) is 9.80 Å². The lowest BCUT2D eigenvalue weighted by Crippen LogP contribution is -2.64. The van der Waals surface area contributed by atoms with Gasteiger partial charge in [0.25, 0.3) is 0 Å². The maximum Gasteiger partial charge on any atom is 0.411 e. The molecule has 4 rings (SSSR count). The summed E-state index contributed by atoms with van der Waals surface area (Å²) in [5.74, 6) is 3.62. The van der Waals surface area contributed by atoms with Gasteiger partial charge in [-0.1, -0.05) is 40.5 Å². The first-order valence-electron chi connectivity index (χ1n) is 19.7. The fraction of sp³-hybridized carbons (Fsp3) is 0.857. The predicted octanol–water partition coefficient (Wildman–Crippen LogP) is 6.69. The average molecular weight is 744 g/mol. The molecule has 11 heteroatoms. The fourth-order valence-corrected chi connectivity index (χ4v) is 9.65. The van der Waals surface area contributed by atoms with E-state index in [0.29, 0.717) is 12.8 Å². The molecule has 300 valence electrons. The first kappa shape index (κ1) is 43.2. The summed E-state index contributed by atoms with van der Waals surface area (Å²) in [5.41, 5.74) is -4.52. The normalized spacial score (nSPS) is 41.4. The highest BCUT2D eigenvalue weighted by atomic mass is 16.7. The number of ether oxygens (including phenoxy) is 5. The molecule has 4 heterocycles. The summed E-state index contributed by atoms with van der Waals surface area (Å²) in [6, 6.07) is -0.347. The minimum absolute atomic E-state index is 0.0326. The number of aliphatic imine (C=N–C) groups is 1. The highest BCUT2D eigenvalue weighted by Crippen LogP contribution is 2.50. The molecule has 0 spiro atoms. The highest BCUT2D eigenvalue weighted by molar-refractivity contribution is 6.04. The van der Waals surface area contributed by atoms with Crippen LogP contribution in [0.1, 0.15) is 123 Å². The molecule has 12 atom stereocenters. The van der Waals surface area contributed by atoms with Gasteiger partial charge in [0.15, 0.2) is 17.7 Å². The summed E-state index contributed by atoms with van der Waals surface area (Å²) >= 11 is 0. The van der Waals surface area contributed by atoms with Crippen LogP contribution in [0.4, 0.5) is 4.79 Å². The van der Waals surface area contributed by atoms with Crippen molar-refractivity contribution < 1.29 is 38.1 Å². The molecule has 4 aliphatic rings. The Kier molecular flexibility index (Phi) is 12.4. The summed E-state index contributed by atoms with van der Waals surface area (Å²) < 4.78 is 33.1. The van der Waals surface area contributed by atoms with Crippen molar-refractivity contribution in [2.45, 2.75) is 182 Å². The molecule has 0 unspecified atom stereocenters. The van der Waals surface area contributed by atoms with Gasteiger partial charge in [0, 0.05) is 29.5 Å². The highest BCUT2D eigenvalue weighted by Gasteiger charge is 2.66. The number of esters is 1. The van der Waals surface area contributed by atoms with E-state index in [1.54, 1.807) is 20.8 Å². The Morgan fingerprint density at radius 2 is 1.58 bits per heavy atom. The van der Waals surface area contributed by atoms with Gasteiger partial charge in [-0.25, -0.2) is 4.79 Å². The van der Waals surface area contributed by atoms with E-state index in [-0.39, 0.29) is 42.3 Å². The Bertz CT molecular complexity index is 1490. The molecule has 53 heavy (non-hydrogen) atoms. The van der Waals surface area contributed by atoms with Crippen molar-refractivity contribution in [1.29, 1.82) is 0 Å². The minimum atomic E-state index is -1.57. The largest absolute Gasteiger partial charge is 0.457 e. The Hall–Kier alpha value is -2.52. The molecule has 0 aromatic rings. The Labute approximate surface area is 319 Å². The van der Waals surface area contributed by atoms with Gasteiger partial charge in [-0.05, 0) is 109 Å². The molecule has 0 radical (unpaired) electrons. The van der Waals surface area contributed by atoms with E-state index in [4.69, 9.17) is 28.7 Å². The minimum Gasteiger partial charge on any atom is -0.457 e. The zero-order valence-electron chi connectivity index (χ0n) is 35.7. The van der Waals surface area contributed by atoms with Gasteiger partial charge in [-0.15, -0.1) is 5.92 Å². The third-order valence-corrected chi connectivity index (χ3v) is 13.5. The van der Waals surface area contributed by atoms with Crippen molar-refractivity contribution in [2.75, 3.05) is 20.7 Å². The first-order valence-corrected chi connectivity index (χ1v) is 19.7. The van der Waals surface area contributed by atoms with Crippen LogP contribution in [0.5, 0.6) is 0 Å². The Morgan fingerprint density at radius 3 is 2.15 bits per heavy atom. The number of amides is 1. The van der Waals surface area contributed by atoms with Crippen molar-refractivity contribution in [3.05, 3.63) is 0 Å². The molecule has 4 aliphatic heterocycles. The molecule has 0 saturated carbocycles. The van der Waals surface area contributed by atoms with E-state index in [1.165, 1.54) is 0 Å². The van der Waals surface area contributed by atoms with Crippen molar-refractivity contribution >= 4 is 23.6 Å². The van der Waals surface area contributed by atoms with E-state index in [2.05, 4.69) is 65.5 Å². The number of hydrogen-bond acceptors (Lipinski definition) is 10. The second kappa shape index (κ2) is 15.2. The molecular weight excluding hydrogens is 674 g/mol. The number of ketones is 1. The van der Waals surface area contributed by atoms with Crippen LogP contribution in [0.2, 0.25) is 0 Å². The van der Waals surface area contributed by atoms with Crippen molar-refractivity contribution in [2.24, 2.45) is 34.1 Å². The van der Waals surface area contributed by atoms with Crippen LogP contribution in [0.25, 0.3) is 0 Å². The number of hydrogen-bond donors (Lipinski definition) is 0. The van der Waals surface area contributed by atoms with Crippen LogP contribution in [0, 0.1) is 40.9 Å². The SMILES string of the molecule is CC#CCO[C@@]1(C)C[C@@H](C)C2=NC(C)(C)C(C)(C)N3C(=O)O[C@](C)([C@@H](CC)OC(=O)C(C)(C)C(=O)[C@H](C)[C@H]1O[C@@H]1O[C@H](C)C[C@H](N(C)C)[C@H]1C)[C@H]3[C@H]2C. The third kappa shape index (κ3) is 7.56. The van der Waals surface area contributed by atoms with E-state index in [9.17, 15) is 14.4 Å². The maximum atomic E-state index is 14.8. The molecule has 3 saturated heterocycles. The summed E-state index contributed by atoms with van der Waals surface area (Å²) in [5, 5.41) is 0. The van der Waals surface area contributed by atoms with Crippen LogP contribution in [-0.2, 0) is 33.3 Å². The Balaban J connectivity index is 1.99.